The Hall–Kier alpha value is -3.82. The van der Waals surface area contributed by atoms with E-state index in [-0.39, 0.29) is 19.0 Å². The molecule has 0 radical (unpaired) electrons. The van der Waals surface area contributed by atoms with Gasteiger partial charge in [-0.15, -0.1) is 0 Å². The van der Waals surface area contributed by atoms with Gasteiger partial charge in [-0.1, -0.05) is 23.4 Å². The number of benzene rings is 2. The molecule has 1 N–H and O–H groups in total. The van der Waals surface area contributed by atoms with Gasteiger partial charge in [-0.25, -0.2) is 4.79 Å². The molecule has 0 saturated carbocycles. The van der Waals surface area contributed by atoms with Crippen LogP contribution < -0.4 is 10.2 Å². The summed E-state index contributed by atoms with van der Waals surface area (Å²) in [7, 11) is 0. The number of nitrogens with zero attached hydrogens (tertiary/aromatic N) is 2. The minimum absolute atomic E-state index is 0.209. The van der Waals surface area contributed by atoms with Gasteiger partial charge in [0.2, 0.25) is 5.91 Å². The number of fused-ring (bicyclic) bond motifs is 3. The predicted octanol–water partition coefficient (Wildman–Crippen LogP) is 4.98. The molecule has 5 rings (SSSR count). The average Bonchev–Trinajstić information content (AvgIpc) is 3.36. The minimum atomic E-state index is -4.46. The number of amides is 2. The lowest BCUT2D eigenvalue weighted by atomic mass is 9.99. The standard InChI is InChI=1S/C25H22F3N3O4/c1-14(32)29-12-19-13-31(24(33)34-19)18-9-8-15-4-3-7-20-22(30-35-23(20)21(15)11-18)16-5-2-6-17(10-16)25(26,27)28/h2,5-6,8-11,19H,3-4,7,12-13H2,1H3,(H,29,32)/t19-/m0/s1. The van der Waals surface area contributed by atoms with E-state index in [1.165, 1.54) is 17.9 Å². The van der Waals surface area contributed by atoms with Crippen molar-refractivity contribution in [3.05, 3.63) is 59.2 Å². The van der Waals surface area contributed by atoms with E-state index in [0.717, 1.165) is 41.7 Å². The summed E-state index contributed by atoms with van der Waals surface area (Å²) < 4.78 is 50.8. The fourth-order valence-electron chi connectivity index (χ4n) is 4.54. The Morgan fingerprint density at radius 2 is 2.03 bits per heavy atom. The highest BCUT2D eigenvalue weighted by atomic mass is 19.4. The summed E-state index contributed by atoms with van der Waals surface area (Å²) in [5.41, 5.74) is 3.08. The predicted molar refractivity (Wildman–Crippen MR) is 121 cm³/mol. The van der Waals surface area contributed by atoms with Gasteiger partial charge in [-0.3, -0.25) is 9.69 Å². The van der Waals surface area contributed by atoms with Crippen LogP contribution in [0.25, 0.3) is 22.6 Å². The van der Waals surface area contributed by atoms with Crippen LogP contribution in [0.15, 0.2) is 47.0 Å². The number of halogens is 3. The van der Waals surface area contributed by atoms with Crippen molar-refractivity contribution < 1.29 is 32.0 Å². The number of aryl methyl sites for hydroxylation is 1. The molecule has 0 unspecified atom stereocenters. The van der Waals surface area contributed by atoms with Crippen LogP contribution in [0.5, 0.6) is 0 Å². The third-order valence-corrected chi connectivity index (χ3v) is 6.23. The molecule has 1 aliphatic heterocycles. The molecular weight excluding hydrogens is 463 g/mol. The lowest BCUT2D eigenvalue weighted by Crippen LogP contribution is -2.33. The zero-order valence-electron chi connectivity index (χ0n) is 18.8. The molecule has 2 amide bonds. The van der Waals surface area contributed by atoms with Crippen LogP contribution in [0.2, 0.25) is 0 Å². The number of anilines is 1. The Balaban J connectivity index is 1.49. The van der Waals surface area contributed by atoms with Crippen molar-refractivity contribution in [2.24, 2.45) is 0 Å². The maximum absolute atomic E-state index is 13.2. The van der Waals surface area contributed by atoms with Gasteiger partial charge in [0.25, 0.3) is 0 Å². The van der Waals surface area contributed by atoms with Gasteiger partial charge in [0.05, 0.1) is 18.7 Å². The molecule has 2 aromatic carbocycles. The van der Waals surface area contributed by atoms with Crippen LogP contribution in [-0.4, -0.2) is 36.4 Å². The van der Waals surface area contributed by atoms with Crippen molar-refractivity contribution in [1.82, 2.24) is 10.5 Å². The van der Waals surface area contributed by atoms with Crippen LogP contribution in [-0.2, 0) is 28.5 Å². The Labute approximate surface area is 198 Å². The topological polar surface area (TPSA) is 84.7 Å². The molecular formula is C25H22F3N3O4. The van der Waals surface area contributed by atoms with Crippen molar-refractivity contribution in [3.8, 4) is 22.6 Å². The van der Waals surface area contributed by atoms with Gasteiger partial charge in [0, 0.05) is 29.3 Å². The Morgan fingerprint density at radius 1 is 1.20 bits per heavy atom. The number of alkyl halides is 3. The van der Waals surface area contributed by atoms with Crippen LogP contribution >= 0.6 is 0 Å². The Bertz CT molecular complexity index is 1300. The van der Waals surface area contributed by atoms with Crippen molar-refractivity contribution in [2.75, 3.05) is 18.0 Å². The molecule has 1 atom stereocenters. The second-order valence-corrected chi connectivity index (χ2v) is 8.67. The number of ether oxygens (including phenoxy) is 1. The number of hydrogen-bond donors (Lipinski definition) is 1. The number of carbonyl (C=O) groups is 2. The van der Waals surface area contributed by atoms with Crippen molar-refractivity contribution >= 4 is 17.7 Å². The number of nitrogens with one attached hydrogen (secondary N) is 1. The molecule has 1 saturated heterocycles. The molecule has 1 aromatic heterocycles. The molecule has 2 heterocycles. The maximum Gasteiger partial charge on any atom is 0.416 e. The summed E-state index contributed by atoms with van der Waals surface area (Å²) in [5.74, 6) is 0.285. The Morgan fingerprint density at radius 3 is 2.80 bits per heavy atom. The lowest BCUT2D eigenvalue weighted by Gasteiger charge is -2.15. The largest absolute Gasteiger partial charge is 0.442 e. The first kappa shape index (κ1) is 22.9. The van der Waals surface area contributed by atoms with E-state index in [4.69, 9.17) is 9.26 Å². The van der Waals surface area contributed by atoms with Crippen LogP contribution in [0.1, 0.15) is 30.0 Å². The molecule has 0 bridgehead atoms. The van der Waals surface area contributed by atoms with Gasteiger partial charge in [0.1, 0.15) is 11.8 Å². The van der Waals surface area contributed by atoms with Crippen molar-refractivity contribution in [2.45, 2.75) is 38.5 Å². The lowest BCUT2D eigenvalue weighted by molar-refractivity contribution is -0.137. The second kappa shape index (κ2) is 8.75. The number of rotatable bonds is 4. The maximum atomic E-state index is 13.2. The van der Waals surface area contributed by atoms with Crippen molar-refractivity contribution in [3.63, 3.8) is 0 Å². The Kier molecular flexibility index (Phi) is 5.74. The number of hydrogen-bond acceptors (Lipinski definition) is 5. The molecule has 7 nitrogen and oxygen atoms in total. The molecule has 0 spiro atoms. The number of carbonyl (C=O) groups excluding carboxylic acids is 2. The molecule has 35 heavy (non-hydrogen) atoms. The summed E-state index contributed by atoms with van der Waals surface area (Å²) in [6, 6.07) is 10.6. The van der Waals surface area contributed by atoms with Gasteiger partial charge in [-0.05, 0) is 49.1 Å². The first-order valence-electron chi connectivity index (χ1n) is 11.2. The number of aromatic nitrogens is 1. The summed E-state index contributed by atoms with van der Waals surface area (Å²) >= 11 is 0. The third-order valence-electron chi connectivity index (χ3n) is 6.23. The van der Waals surface area contributed by atoms with E-state index in [9.17, 15) is 22.8 Å². The average molecular weight is 485 g/mol. The molecule has 10 heteroatoms. The van der Waals surface area contributed by atoms with E-state index in [0.29, 0.717) is 29.1 Å². The van der Waals surface area contributed by atoms with E-state index >= 15 is 0 Å². The highest BCUT2D eigenvalue weighted by Gasteiger charge is 2.34. The smallest absolute Gasteiger partial charge is 0.416 e. The first-order valence-corrected chi connectivity index (χ1v) is 11.2. The molecule has 3 aromatic rings. The van der Waals surface area contributed by atoms with Gasteiger partial charge in [0.15, 0.2) is 5.76 Å². The van der Waals surface area contributed by atoms with Crippen LogP contribution in [0.4, 0.5) is 23.7 Å². The minimum Gasteiger partial charge on any atom is -0.442 e. The quantitative estimate of drug-likeness (QED) is 0.564. The SMILES string of the molecule is CC(=O)NC[C@H]1CN(c2ccc3c(c2)-c2onc(-c4cccc(C(F)(F)F)c4)c2CCC3)C(=O)O1. The van der Waals surface area contributed by atoms with E-state index in [2.05, 4.69) is 10.5 Å². The molecule has 2 aliphatic rings. The fourth-order valence-corrected chi connectivity index (χ4v) is 4.54. The highest BCUT2D eigenvalue weighted by Crippen LogP contribution is 2.41. The van der Waals surface area contributed by atoms with Gasteiger partial charge < -0.3 is 14.6 Å². The summed E-state index contributed by atoms with van der Waals surface area (Å²) in [4.78, 5) is 25.1. The summed E-state index contributed by atoms with van der Waals surface area (Å²) in [5, 5.41) is 6.79. The molecule has 1 aliphatic carbocycles. The summed E-state index contributed by atoms with van der Waals surface area (Å²) in [6.45, 7) is 1.88. The van der Waals surface area contributed by atoms with Crippen LogP contribution in [0, 0.1) is 0 Å². The highest BCUT2D eigenvalue weighted by molar-refractivity contribution is 5.91. The van der Waals surface area contributed by atoms with Crippen LogP contribution in [0.3, 0.4) is 0 Å². The second-order valence-electron chi connectivity index (χ2n) is 8.67. The van der Waals surface area contributed by atoms with Gasteiger partial charge in [-0.2, -0.15) is 13.2 Å². The molecule has 182 valence electrons. The van der Waals surface area contributed by atoms with Gasteiger partial charge >= 0.3 is 12.3 Å². The van der Waals surface area contributed by atoms with E-state index in [1.54, 1.807) is 6.07 Å². The number of cyclic esters (lactones) is 1. The summed E-state index contributed by atoms with van der Waals surface area (Å²) in [6.07, 6.45) is -3.33. The third kappa shape index (κ3) is 4.48. The normalized spacial score (nSPS) is 17.4. The first-order chi connectivity index (χ1) is 16.7. The monoisotopic (exact) mass is 485 g/mol. The fraction of sp³-hybridized carbons (Fsp3) is 0.320. The zero-order valence-corrected chi connectivity index (χ0v) is 18.8. The van der Waals surface area contributed by atoms with Crippen molar-refractivity contribution in [1.29, 1.82) is 0 Å². The van der Waals surface area contributed by atoms with E-state index < -0.39 is 23.9 Å². The van der Waals surface area contributed by atoms with E-state index in [1.807, 2.05) is 18.2 Å². The molecule has 1 fully saturated rings. The zero-order chi connectivity index (χ0) is 24.7.